The summed E-state index contributed by atoms with van der Waals surface area (Å²) < 4.78 is 6.15. The molecule has 110 valence electrons. The van der Waals surface area contributed by atoms with Gasteiger partial charge in [-0.2, -0.15) is 0 Å². The third kappa shape index (κ3) is 3.10. The van der Waals surface area contributed by atoms with Gasteiger partial charge >= 0.3 is 0 Å². The molecule has 0 aliphatic carbocycles. The molecule has 2 aromatic rings. The van der Waals surface area contributed by atoms with Crippen molar-refractivity contribution in [1.29, 1.82) is 0 Å². The molecular formula is C15H17BrN4O. The number of hydrogen-bond donors (Lipinski definition) is 0. The van der Waals surface area contributed by atoms with Gasteiger partial charge in [0.15, 0.2) is 0 Å². The maximum absolute atomic E-state index is 5.20. The topological polar surface area (TPSA) is 41.5 Å². The highest BCUT2D eigenvalue weighted by molar-refractivity contribution is 9.10. The second kappa shape index (κ2) is 6.30. The summed E-state index contributed by atoms with van der Waals surface area (Å²) in [7, 11) is 1.69. The average Bonchev–Trinajstić information content (AvgIpc) is 2.56. The summed E-state index contributed by atoms with van der Waals surface area (Å²) in [6.45, 7) is 3.84. The Labute approximate surface area is 132 Å². The largest absolute Gasteiger partial charge is 0.497 e. The quantitative estimate of drug-likeness (QED) is 0.852. The minimum Gasteiger partial charge on any atom is -0.497 e. The molecule has 0 spiro atoms. The van der Waals surface area contributed by atoms with E-state index in [1.54, 1.807) is 19.6 Å². The number of halogens is 1. The van der Waals surface area contributed by atoms with Crippen LogP contribution in [0.1, 0.15) is 0 Å². The lowest BCUT2D eigenvalue weighted by atomic mass is 10.2. The Hall–Kier alpha value is -1.82. The van der Waals surface area contributed by atoms with E-state index < -0.39 is 0 Å². The number of anilines is 2. The summed E-state index contributed by atoms with van der Waals surface area (Å²) in [5.74, 6) is 1.86. The van der Waals surface area contributed by atoms with Crippen molar-refractivity contribution in [1.82, 2.24) is 9.97 Å². The number of piperazine rings is 1. The summed E-state index contributed by atoms with van der Waals surface area (Å²) in [6.07, 6.45) is 3.38. The van der Waals surface area contributed by atoms with Crippen LogP contribution in [0.4, 0.5) is 11.5 Å². The van der Waals surface area contributed by atoms with Gasteiger partial charge in [0.2, 0.25) is 0 Å². The van der Waals surface area contributed by atoms with E-state index in [1.807, 2.05) is 12.1 Å². The molecule has 2 heterocycles. The zero-order valence-corrected chi connectivity index (χ0v) is 13.5. The van der Waals surface area contributed by atoms with Gasteiger partial charge in [-0.1, -0.05) is 0 Å². The van der Waals surface area contributed by atoms with Crippen LogP contribution in [0, 0.1) is 0 Å². The minimum atomic E-state index is 0.891. The first kappa shape index (κ1) is 14.1. The molecule has 21 heavy (non-hydrogen) atoms. The first-order valence-electron chi connectivity index (χ1n) is 6.87. The molecule has 1 aromatic heterocycles. The van der Waals surface area contributed by atoms with Gasteiger partial charge in [0.1, 0.15) is 17.9 Å². The Bertz CT molecular complexity index is 597. The van der Waals surface area contributed by atoms with E-state index in [-0.39, 0.29) is 0 Å². The highest BCUT2D eigenvalue weighted by Crippen LogP contribution is 2.25. The fraction of sp³-hybridized carbons (Fsp3) is 0.333. The average molecular weight is 349 g/mol. The molecular weight excluding hydrogens is 332 g/mol. The van der Waals surface area contributed by atoms with Crippen LogP contribution in [0.5, 0.6) is 5.75 Å². The van der Waals surface area contributed by atoms with Gasteiger partial charge in [-0.15, -0.1) is 0 Å². The lowest BCUT2D eigenvalue weighted by Gasteiger charge is -2.37. The van der Waals surface area contributed by atoms with Gasteiger partial charge in [-0.25, -0.2) is 9.97 Å². The van der Waals surface area contributed by atoms with Gasteiger partial charge in [-0.3, -0.25) is 0 Å². The molecule has 0 atom stereocenters. The highest BCUT2D eigenvalue weighted by Gasteiger charge is 2.19. The van der Waals surface area contributed by atoms with Crippen molar-refractivity contribution in [2.24, 2.45) is 0 Å². The standard InChI is InChI=1S/C15H17BrN4O/c1-21-13-4-2-12(3-5-13)19-6-8-20(9-7-19)15-14(16)10-17-11-18-15/h2-5,10-11H,6-9H2,1H3. The predicted molar refractivity (Wildman–Crippen MR) is 87.2 cm³/mol. The smallest absolute Gasteiger partial charge is 0.146 e. The zero-order valence-electron chi connectivity index (χ0n) is 11.9. The summed E-state index contributed by atoms with van der Waals surface area (Å²) in [5.41, 5.74) is 1.23. The molecule has 6 heteroatoms. The van der Waals surface area contributed by atoms with E-state index in [4.69, 9.17) is 4.74 Å². The van der Waals surface area contributed by atoms with Crippen LogP contribution in [0.3, 0.4) is 0 Å². The Morgan fingerprint density at radius 3 is 2.33 bits per heavy atom. The molecule has 1 aliphatic rings. The highest BCUT2D eigenvalue weighted by atomic mass is 79.9. The van der Waals surface area contributed by atoms with Crippen LogP contribution in [0.15, 0.2) is 41.3 Å². The van der Waals surface area contributed by atoms with E-state index in [0.29, 0.717) is 0 Å². The summed E-state index contributed by atoms with van der Waals surface area (Å²) in [4.78, 5) is 13.0. The second-order valence-electron chi connectivity index (χ2n) is 4.87. The fourth-order valence-electron chi connectivity index (χ4n) is 2.51. The molecule has 0 unspecified atom stereocenters. The summed E-state index contributed by atoms with van der Waals surface area (Å²) in [5, 5.41) is 0. The Morgan fingerprint density at radius 2 is 1.71 bits per heavy atom. The Kier molecular flexibility index (Phi) is 4.24. The molecule has 0 N–H and O–H groups in total. The number of ether oxygens (including phenoxy) is 1. The molecule has 0 radical (unpaired) electrons. The number of hydrogen-bond acceptors (Lipinski definition) is 5. The molecule has 0 saturated carbocycles. The lowest BCUT2D eigenvalue weighted by molar-refractivity contribution is 0.415. The predicted octanol–water partition coefficient (Wildman–Crippen LogP) is 2.57. The van der Waals surface area contributed by atoms with E-state index in [9.17, 15) is 0 Å². The van der Waals surface area contributed by atoms with E-state index in [1.165, 1.54) is 5.69 Å². The number of aromatic nitrogens is 2. The van der Waals surface area contributed by atoms with Crippen molar-refractivity contribution >= 4 is 27.4 Å². The lowest BCUT2D eigenvalue weighted by Crippen LogP contribution is -2.47. The van der Waals surface area contributed by atoms with Crippen molar-refractivity contribution < 1.29 is 4.74 Å². The second-order valence-corrected chi connectivity index (χ2v) is 5.72. The van der Waals surface area contributed by atoms with Crippen molar-refractivity contribution in [3.63, 3.8) is 0 Å². The minimum absolute atomic E-state index is 0.891. The first-order valence-corrected chi connectivity index (χ1v) is 7.66. The Balaban J connectivity index is 1.66. The van der Waals surface area contributed by atoms with Crippen LogP contribution in [-0.4, -0.2) is 43.3 Å². The summed E-state index contributed by atoms with van der Waals surface area (Å²) in [6, 6.07) is 8.22. The number of methoxy groups -OCH3 is 1. The third-order valence-electron chi connectivity index (χ3n) is 3.66. The first-order chi connectivity index (χ1) is 10.3. The molecule has 0 bridgehead atoms. The van der Waals surface area contributed by atoms with E-state index in [2.05, 4.69) is 47.8 Å². The van der Waals surface area contributed by atoms with E-state index >= 15 is 0 Å². The van der Waals surface area contributed by atoms with Gasteiger partial charge in [0.25, 0.3) is 0 Å². The molecule has 1 fully saturated rings. The molecule has 3 rings (SSSR count). The normalized spacial score (nSPS) is 15.1. The van der Waals surface area contributed by atoms with Crippen LogP contribution < -0.4 is 14.5 Å². The SMILES string of the molecule is COc1ccc(N2CCN(c3ncncc3Br)CC2)cc1. The number of benzene rings is 1. The zero-order chi connectivity index (χ0) is 14.7. The maximum atomic E-state index is 5.20. The molecule has 1 aliphatic heterocycles. The van der Waals surface area contributed by atoms with Crippen molar-refractivity contribution in [3.8, 4) is 5.75 Å². The maximum Gasteiger partial charge on any atom is 0.146 e. The van der Waals surface area contributed by atoms with Gasteiger partial charge in [0, 0.05) is 38.1 Å². The molecule has 1 aromatic carbocycles. The summed E-state index contributed by atoms with van der Waals surface area (Å²) >= 11 is 3.51. The van der Waals surface area contributed by atoms with Crippen LogP contribution >= 0.6 is 15.9 Å². The van der Waals surface area contributed by atoms with Gasteiger partial charge in [-0.05, 0) is 40.2 Å². The Morgan fingerprint density at radius 1 is 1.05 bits per heavy atom. The van der Waals surface area contributed by atoms with Crippen molar-refractivity contribution in [2.75, 3.05) is 43.1 Å². The number of rotatable bonds is 3. The van der Waals surface area contributed by atoms with Crippen LogP contribution in [-0.2, 0) is 0 Å². The van der Waals surface area contributed by atoms with Gasteiger partial charge in [0.05, 0.1) is 11.6 Å². The molecule has 5 nitrogen and oxygen atoms in total. The monoisotopic (exact) mass is 348 g/mol. The molecule has 0 amide bonds. The van der Waals surface area contributed by atoms with Crippen molar-refractivity contribution in [2.45, 2.75) is 0 Å². The fourth-order valence-corrected chi connectivity index (χ4v) is 2.98. The number of nitrogens with zero attached hydrogens (tertiary/aromatic N) is 4. The van der Waals surface area contributed by atoms with E-state index in [0.717, 1.165) is 42.2 Å². The van der Waals surface area contributed by atoms with Crippen molar-refractivity contribution in [3.05, 3.63) is 41.3 Å². The van der Waals surface area contributed by atoms with Crippen LogP contribution in [0.25, 0.3) is 0 Å². The van der Waals surface area contributed by atoms with Crippen LogP contribution in [0.2, 0.25) is 0 Å². The third-order valence-corrected chi connectivity index (χ3v) is 4.22. The molecule has 1 saturated heterocycles. The van der Waals surface area contributed by atoms with Gasteiger partial charge < -0.3 is 14.5 Å².